The van der Waals surface area contributed by atoms with E-state index < -0.39 is 15.4 Å². The van der Waals surface area contributed by atoms with Crippen LogP contribution in [-0.4, -0.2) is 76.1 Å². The monoisotopic (exact) mass is 539 g/mol. The summed E-state index contributed by atoms with van der Waals surface area (Å²) in [5.74, 6) is 0.937. The van der Waals surface area contributed by atoms with Crippen LogP contribution >= 0.6 is 0 Å². The summed E-state index contributed by atoms with van der Waals surface area (Å²) < 4.78 is 35.7. The highest BCUT2D eigenvalue weighted by molar-refractivity contribution is 7.90. The summed E-state index contributed by atoms with van der Waals surface area (Å²) in [5, 5.41) is 0. The molecular formula is C29H37N3O5S. The second-order valence-electron chi connectivity index (χ2n) is 11.3. The van der Waals surface area contributed by atoms with E-state index in [-0.39, 0.29) is 11.0 Å². The minimum atomic E-state index is -3.28. The maximum absolute atomic E-state index is 12.7. The summed E-state index contributed by atoms with van der Waals surface area (Å²) in [7, 11) is -3.28. The number of ether oxygens (including phenoxy) is 2. The number of amides is 1. The Labute approximate surface area is 225 Å². The molecule has 9 heteroatoms. The number of hydrogen-bond acceptors (Lipinski definition) is 7. The minimum Gasteiger partial charge on any atom is -0.490 e. The van der Waals surface area contributed by atoms with Gasteiger partial charge in [-0.1, -0.05) is 6.42 Å². The SMILES string of the molecule is CS(=O)(=O)c1ccc(N2CC3(CCN(c4ccc(OC5CCN(C6CCC6)CC5)cc4)CC3)OC2=O)cc1. The van der Waals surface area contributed by atoms with Crippen LogP contribution in [0.3, 0.4) is 0 Å². The number of likely N-dealkylation sites (tertiary alicyclic amines) is 1. The number of rotatable bonds is 6. The molecular weight excluding hydrogens is 502 g/mol. The normalized spacial score (nSPS) is 22.9. The maximum atomic E-state index is 12.7. The number of piperidine rings is 2. The highest BCUT2D eigenvalue weighted by Crippen LogP contribution is 2.37. The van der Waals surface area contributed by atoms with E-state index in [1.165, 1.54) is 37.7 Å². The summed E-state index contributed by atoms with van der Waals surface area (Å²) in [6, 6.07) is 15.7. The predicted octanol–water partition coefficient (Wildman–Crippen LogP) is 4.48. The van der Waals surface area contributed by atoms with Gasteiger partial charge in [0.15, 0.2) is 9.84 Å². The highest BCUT2D eigenvalue weighted by atomic mass is 32.2. The van der Waals surface area contributed by atoms with Crippen LogP contribution in [0.5, 0.6) is 5.75 Å². The molecule has 0 unspecified atom stereocenters. The first-order valence-corrected chi connectivity index (χ1v) is 15.7. The molecule has 1 spiro atoms. The van der Waals surface area contributed by atoms with E-state index >= 15 is 0 Å². The van der Waals surface area contributed by atoms with Crippen molar-refractivity contribution >= 4 is 27.3 Å². The van der Waals surface area contributed by atoms with Crippen molar-refractivity contribution < 1.29 is 22.7 Å². The molecule has 6 rings (SSSR count). The van der Waals surface area contributed by atoms with Crippen LogP contribution in [0, 0.1) is 0 Å². The van der Waals surface area contributed by atoms with E-state index in [9.17, 15) is 13.2 Å². The summed E-state index contributed by atoms with van der Waals surface area (Å²) in [4.78, 5) is 19.5. The lowest BCUT2D eigenvalue weighted by Crippen LogP contribution is -2.47. The fourth-order valence-electron chi connectivity index (χ4n) is 6.17. The molecule has 3 aliphatic heterocycles. The van der Waals surface area contributed by atoms with Gasteiger partial charge in [-0.25, -0.2) is 13.2 Å². The van der Waals surface area contributed by atoms with Gasteiger partial charge in [0, 0.05) is 62.7 Å². The van der Waals surface area contributed by atoms with Crippen molar-refractivity contribution in [2.24, 2.45) is 0 Å². The lowest BCUT2D eigenvalue weighted by atomic mass is 9.90. The molecule has 0 N–H and O–H groups in total. The van der Waals surface area contributed by atoms with E-state index in [2.05, 4.69) is 34.1 Å². The maximum Gasteiger partial charge on any atom is 0.415 e. The molecule has 4 fully saturated rings. The molecule has 204 valence electrons. The number of nitrogens with zero attached hydrogens (tertiary/aromatic N) is 3. The van der Waals surface area contributed by atoms with Gasteiger partial charge in [0.2, 0.25) is 0 Å². The third-order valence-electron chi connectivity index (χ3n) is 8.79. The predicted molar refractivity (Wildman–Crippen MR) is 147 cm³/mol. The van der Waals surface area contributed by atoms with Gasteiger partial charge >= 0.3 is 6.09 Å². The number of sulfone groups is 1. The third kappa shape index (κ3) is 5.23. The molecule has 2 aromatic rings. The van der Waals surface area contributed by atoms with Crippen LogP contribution in [0.2, 0.25) is 0 Å². The molecule has 38 heavy (non-hydrogen) atoms. The van der Waals surface area contributed by atoms with Crippen LogP contribution < -0.4 is 14.5 Å². The van der Waals surface area contributed by atoms with Crippen molar-refractivity contribution in [2.45, 2.75) is 67.6 Å². The van der Waals surface area contributed by atoms with Crippen molar-refractivity contribution in [1.29, 1.82) is 0 Å². The summed E-state index contributed by atoms with van der Waals surface area (Å²) >= 11 is 0. The Balaban J connectivity index is 1.01. The first-order chi connectivity index (χ1) is 18.3. The second-order valence-corrected chi connectivity index (χ2v) is 13.3. The molecule has 2 aromatic carbocycles. The van der Waals surface area contributed by atoms with Crippen molar-refractivity contribution in [3.63, 3.8) is 0 Å². The molecule has 1 amide bonds. The average Bonchev–Trinajstić information content (AvgIpc) is 3.20. The topological polar surface area (TPSA) is 79.4 Å². The molecule has 0 radical (unpaired) electrons. The van der Waals surface area contributed by atoms with Crippen molar-refractivity contribution in [2.75, 3.05) is 48.8 Å². The van der Waals surface area contributed by atoms with E-state index in [1.54, 1.807) is 17.0 Å². The summed E-state index contributed by atoms with van der Waals surface area (Å²) in [6.45, 7) is 4.37. The number of anilines is 2. The van der Waals surface area contributed by atoms with Crippen LogP contribution in [0.15, 0.2) is 53.4 Å². The van der Waals surface area contributed by atoms with E-state index in [1.807, 2.05) is 0 Å². The van der Waals surface area contributed by atoms with Gasteiger partial charge in [0.25, 0.3) is 0 Å². The molecule has 0 aromatic heterocycles. The van der Waals surface area contributed by atoms with Crippen molar-refractivity contribution in [3.8, 4) is 5.75 Å². The van der Waals surface area contributed by atoms with Gasteiger partial charge in [-0.2, -0.15) is 0 Å². The van der Waals surface area contributed by atoms with Crippen LogP contribution in [0.4, 0.5) is 16.2 Å². The quantitative estimate of drug-likeness (QED) is 0.536. The average molecular weight is 540 g/mol. The van der Waals surface area contributed by atoms with Crippen LogP contribution in [0.1, 0.15) is 44.9 Å². The van der Waals surface area contributed by atoms with Gasteiger partial charge in [-0.3, -0.25) is 4.90 Å². The Morgan fingerprint density at radius 3 is 2.08 bits per heavy atom. The van der Waals surface area contributed by atoms with Crippen LogP contribution in [-0.2, 0) is 14.6 Å². The zero-order valence-electron chi connectivity index (χ0n) is 22.0. The first-order valence-electron chi connectivity index (χ1n) is 13.8. The molecule has 8 nitrogen and oxygen atoms in total. The Kier molecular flexibility index (Phi) is 6.76. The van der Waals surface area contributed by atoms with Gasteiger partial charge < -0.3 is 19.3 Å². The number of carbonyl (C=O) groups excluding carboxylic acids is 1. The van der Waals surface area contributed by atoms with E-state index in [4.69, 9.17) is 9.47 Å². The molecule has 3 heterocycles. The van der Waals surface area contributed by atoms with E-state index in [0.29, 0.717) is 18.3 Å². The van der Waals surface area contributed by atoms with Gasteiger partial charge in [-0.05, 0) is 74.2 Å². The Morgan fingerprint density at radius 1 is 0.868 bits per heavy atom. The zero-order valence-corrected chi connectivity index (χ0v) is 22.9. The lowest BCUT2D eigenvalue weighted by Gasteiger charge is -2.41. The Morgan fingerprint density at radius 2 is 1.50 bits per heavy atom. The molecule has 0 atom stereocenters. The molecule has 3 saturated heterocycles. The van der Waals surface area contributed by atoms with Gasteiger partial charge in [-0.15, -0.1) is 0 Å². The second kappa shape index (κ2) is 10.1. The zero-order chi connectivity index (χ0) is 26.3. The number of hydrogen-bond donors (Lipinski definition) is 0. The standard InChI is InChI=1S/C29H37N3O5S/c1-38(34,35)27-11-7-24(8-12-27)32-21-29(37-28(32)33)15-19-31(20-16-29)23-5-9-25(10-6-23)36-26-13-17-30(18-14-26)22-3-2-4-22/h5-12,22,26H,2-4,13-21H2,1H3. The third-order valence-corrected chi connectivity index (χ3v) is 9.92. The smallest absolute Gasteiger partial charge is 0.415 e. The molecule has 1 saturated carbocycles. The van der Waals surface area contributed by atoms with Gasteiger partial charge in [0.1, 0.15) is 17.5 Å². The summed E-state index contributed by atoms with van der Waals surface area (Å²) in [6.07, 6.45) is 8.92. The Hall–Kier alpha value is -2.78. The van der Waals surface area contributed by atoms with Crippen molar-refractivity contribution in [1.82, 2.24) is 4.90 Å². The number of carbonyl (C=O) groups is 1. The molecule has 0 bridgehead atoms. The minimum absolute atomic E-state index is 0.239. The van der Waals surface area contributed by atoms with Crippen molar-refractivity contribution in [3.05, 3.63) is 48.5 Å². The van der Waals surface area contributed by atoms with Gasteiger partial charge in [0.05, 0.1) is 11.4 Å². The highest BCUT2D eigenvalue weighted by Gasteiger charge is 2.47. The number of benzene rings is 2. The fourth-order valence-corrected chi connectivity index (χ4v) is 6.80. The largest absolute Gasteiger partial charge is 0.490 e. The molecule has 4 aliphatic rings. The van der Waals surface area contributed by atoms with Crippen LogP contribution in [0.25, 0.3) is 0 Å². The lowest BCUT2D eigenvalue weighted by molar-refractivity contribution is 0.0366. The van der Waals surface area contributed by atoms with E-state index in [0.717, 1.165) is 69.3 Å². The Bertz CT molecular complexity index is 1240. The first kappa shape index (κ1) is 25.5. The summed E-state index contributed by atoms with van der Waals surface area (Å²) in [5.41, 5.74) is 1.30. The fraction of sp³-hybridized carbons (Fsp3) is 0.552. The molecule has 1 aliphatic carbocycles.